The van der Waals surface area contributed by atoms with Gasteiger partial charge in [0.15, 0.2) is 0 Å². The van der Waals surface area contributed by atoms with Crippen LogP contribution < -0.4 is 10.1 Å². The van der Waals surface area contributed by atoms with Crippen LogP contribution in [0, 0.1) is 5.92 Å². The van der Waals surface area contributed by atoms with Crippen molar-refractivity contribution < 1.29 is 9.84 Å². The summed E-state index contributed by atoms with van der Waals surface area (Å²) in [6, 6.07) is 5.06. The molecular weight excluding hydrogens is 297 g/mol. The van der Waals surface area contributed by atoms with Crippen molar-refractivity contribution >= 4 is 23.2 Å². The van der Waals surface area contributed by atoms with E-state index in [0.29, 0.717) is 28.3 Å². The molecule has 5 heteroatoms. The van der Waals surface area contributed by atoms with E-state index < -0.39 is 6.10 Å². The van der Waals surface area contributed by atoms with Crippen LogP contribution in [0.4, 0.5) is 0 Å². The molecule has 1 aromatic carbocycles. The van der Waals surface area contributed by atoms with Crippen molar-refractivity contribution in [2.75, 3.05) is 19.7 Å². The van der Waals surface area contributed by atoms with Gasteiger partial charge in [-0.05, 0) is 24.6 Å². The lowest BCUT2D eigenvalue weighted by molar-refractivity contribution is 0.105. The molecule has 1 aromatic rings. The summed E-state index contributed by atoms with van der Waals surface area (Å²) in [6.45, 7) is 6.04. The van der Waals surface area contributed by atoms with E-state index in [0.717, 1.165) is 19.4 Å². The second-order valence-corrected chi connectivity index (χ2v) is 5.70. The molecule has 1 atom stereocenters. The molecule has 0 aliphatic carbocycles. The van der Waals surface area contributed by atoms with E-state index in [1.807, 2.05) is 0 Å². The Hall–Kier alpha value is -0.480. The van der Waals surface area contributed by atoms with Crippen LogP contribution in [0.25, 0.3) is 0 Å². The van der Waals surface area contributed by atoms with Gasteiger partial charge < -0.3 is 15.2 Å². The van der Waals surface area contributed by atoms with Gasteiger partial charge in [-0.15, -0.1) is 0 Å². The number of halogens is 2. The average molecular weight is 320 g/mol. The first kappa shape index (κ1) is 17.6. The summed E-state index contributed by atoms with van der Waals surface area (Å²) in [6.07, 6.45) is 1.76. The lowest BCUT2D eigenvalue weighted by atomic mass is 10.0. The smallest absolute Gasteiger partial charge is 0.121 e. The maximum absolute atomic E-state index is 9.85. The number of rotatable bonds is 9. The van der Waals surface area contributed by atoms with Crippen molar-refractivity contribution in [1.29, 1.82) is 0 Å². The number of aliphatic hydroxyl groups is 1. The number of hydrogen-bond acceptors (Lipinski definition) is 3. The molecule has 20 heavy (non-hydrogen) atoms. The molecule has 0 aliphatic rings. The van der Waals surface area contributed by atoms with Crippen molar-refractivity contribution in [2.45, 2.75) is 32.8 Å². The van der Waals surface area contributed by atoms with Crippen molar-refractivity contribution in [2.24, 2.45) is 5.92 Å². The first-order valence-electron chi connectivity index (χ1n) is 7.03. The quantitative estimate of drug-likeness (QED) is 0.728. The van der Waals surface area contributed by atoms with Crippen LogP contribution in [0.3, 0.4) is 0 Å². The molecule has 0 radical (unpaired) electrons. The lowest BCUT2D eigenvalue weighted by Gasteiger charge is -2.16. The topological polar surface area (TPSA) is 41.5 Å². The SMILES string of the molecule is CCC(CC)CNCC(O)COc1ccc(Cl)c(Cl)c1. The van der Waals surface area contributed by atoms with Gasteiger partial charge in [-0.2, -0.15) is 0 Å². The van der Waals surface area contributed by atoms with E-state index >= 15 is 0 Å². The van der Waals surface area contributed by atoms with Crippen LogP contribution in [0.1, 0.15) is 26.7 Å². The van der Waals surface area contributed by atoms with Gasteiger partial charge in [-0.3, -0.25) is 0 Å². The number of benzene rings is 1. The summed E-state index contributed by atoms with van der Waals surface area (Å²) in [5.41, 5.74) is 0. The van der Waals surface area contributed by atoms with Crippen molar-refractivity contribution in [3.05, 3.63) is 28.2 Å². The Morgan fingerprint density at radius 1 is 1.15 bits per heavy atom. The maximum Gasteiger partial charge on any atom is 0.121 e. The van der Waals surface area contributed by atoms with Crippen LogP contribution >= 0.6 is 23.2 Å². The van der Waals surface area contributed by atoms with E-state index in [9.17, 15) is 5.11 Å². The molecule has 1 unspecified atom stereocenters. The molecule has 0 saturated carbocycles. The Kier molecular flexibility index (Phi) is 8.31. The molecule has 2 N–H and O–H groups in total. The van der Waals surface area contributed by atoms with Gasteiger partial charge >= 0.3 is 0 Å². The number of ether oxygens (including phenoxy) is 1. The zero-order valence-electron chi connectivity index (χ0n) is 12.0. The van der Waals surface area contributed by atoms with Gasteiger partial charge in [-0.1, -0.05) is 49.9 Å². The van der Waals surface area contributed by atoms with Crippen molar-refractivity contribution in [3.63, 3.8) is 0 Å². The molecule has 114 valence electrons. The van der Waals surface area contributed by atoms with E-state index in [4.69, 9.17) is 27.9 Å². The molecule has 3 nitrogen and oxygen atoms in total. The Balaban J connectivity index is 2.25. The Labute approximate surface area is 131 Å². The number of aliphatic hydroxyl groups excluding tert-OH is 1. The van der Waals surface area contributed by atoms with Crippen LogP contribution in [0.2, 0.25) is 10.0 Å². The lowest BCUT2D eigenvalue weighted by Crippen LogP contribution is -2.34. The molecular formula is C15H23Cl2NO2. The first-order chi connectivity index (χ1) is 9.56. The standard InChI is InChI=1S/C15H23Cl2NO2/c1-3-11(4-2)8-18-9-12(19)10-20-13-5-6-14(16)15(17)7-13/h5-7,11-12,18-19H,3-4,8-10H2,1-2H3. The molecule has 1 rings (SSSR count). The van der Waals surface area contributed by atoms with Crippen LogP contribution in [-0.2, 0) is 0 Å². The highest BCUT2D eigenvalue weighted by Crippen LogP contribution is 2.26. The van der Waals surface area contributed by atoms with Gasteiger partial charge in [0.2, 0.25) is 0 Å². The Morgan fingerprint density at radius 2 is 1.85 bits per heavy atom. The maximum atomic E-state index is 9.85. The minimum Gasteiger partial charge on any atom is -0.491 e. The van der Waals surface area contributed by atoms with Crippen LogP contribution in [0.5, 0.6) is 5.75 Å². The fourth-order valence-corrected chi connectivity index (χ4v) is 2.14. The van der Waals surface area contributed by atoms with Crippen molar-refractivity contribution in [3.8, 4) is 5.75 Å². The molecule has 0 aromatic heterocycles. The Bertz CT molecular complexity index is 397. The summed E-state index contributed by atoms with van der Waals surface area (Å²) in [4.78, 5) is 0. The monoisotopic (exact) mass is 319 g/mol. The fraction of sp³-hybridized carbons (Fsp3) is 0.600. The molecule has 0 bridgehead atoms. The molecule has 0 aliphatic heterocycles. The van der Waals surface area contributed by atoms with Gasteiger partial charge in [0, 0.05) is 12.6 Å². The highest BCUT2D eigenvalue weighted by atomic mass is 35.5. The van der Waals surface area contributed by atoms with Crippen molar-refractivity contribution in [1.82, 2.24) is 5.32 Å². The molecule has 0 amide bonds. The van der Waals surface area contributed by atoms with Gasteiger partial charge in [0.1, 0.15) is 18.5 Å². The summed E-state index contributed by atoms with van der Waals surface area (Å²) in [7, 11) is 0. The second kappa shape index (κ2) is 9.46. The number of hydrogen-bond donors (Lipinski definition) is 2. The average Bonchev–Trinajstić information content (AvgIpc) is 2.45. The summed E-state index contributed by atoms with van der Waals surface area (Å²) in [5, 5.41) is 14.1. The van der Waals surface area contributed by atoms with E-state index in [1.54, 1.807) is 18.2 Å². The first-order valence-corrected chi connectivity index (χ1v) is 7.79. The third-order valence-electron chi connectivity index (χ3n) is 3.30. The summed E-state index contributed by atoms with van der Waals surface area (Å²) < 4.78 is 5.48. The minimum atomic E-state index is -0.543. The highest BCUT2D eigenvalue weighted by molar-refractivity contribution is 6.42. The Morgan fingerprint density at radius 3 is 2.45 bits per heavy atom. The van der Waals surface area contributed by atoms with E-state index in [-0.39, 0.29) is 6.61 Å². The predicted molar refractivity (Wildman–Crippen MR) is 84.9 cm³/mol. The van der Waals surface area contributed by atoms with E-state index in [2.05, 4.69) is 19.2 Å². The summed E-state index contributed by atoms with van der Waals surface area (Å²) >= 11 is 11.7. The van der Waals surface area contributed by atoms with Gasteiger partial charge in [0.05, 0.1) is 10.0 Å². The zero-order valence-corrected chi connectivity index (χ0v) is 13.5. The molecule has 0 saturated heterocycles. The fourth-order valence-electron chi connectivity index (χ4n) is 1.85. The second-order valence-electron chi connectivity index (χ2n) is 4.88. The third-order valence-corrected chi connectivity index (χ3v) is 4.04. The highest BCUT2D eigenvalue weighted by Gasteiger charge is 2.08. The van der Waals surface area contributed by atoms with Crippen LogP contribution in [-0.4, -0.2) is 30.9 Å². The normalized spacial score (nSPS) is 12.7. The zero-order chi connectivity index (χ0) is 15.0. The van der Waals surface area contributed by atoms with Gasteiger partial charge in [0.25, 0.3) is 0 Å². The van der Waals surface area contributed by atoms with Gasteiger partial charge in [-0.25, -0.2) is 0 Å². The minimum absolute atomic E-state index is 0.230. The largest absolute Gasteiger partial charge is 0.491 e. The molecule has 0 spiro atoms. The van der Waals surface area contributed by atoms with E-state index in [1.165, 1.54) is 0 Å². The predicted octanol–water partition coefficient (Wildman–Crippen LogP) is 3.76. The van der Waals surface area contributed by atoms with Crippen LogP contribution in [0.15, 0.2) is 18.2 Å². The molecule has 0 heterocycles. The molecule has 0 fully saturated rings. The number of nitrogens with one attached hydrogen (secondary N) is 1. The third kappa shape index (κ3) is 6.31. The summed E-state index contributed by atoms with van der Waals surface area (Å²) in [5.74, 6) is 1.27.